The Hall–Kier alpha value is -3.10. The molecule has 9 heteroatoms. The maximum atomic E-state index is 13.0. The Kier molecular flexibility index (Phi) is 5.12. The number of ether oxygens (including phenoxy) is 1. The van der Waals surface area contributed by atoms with Gasteiger partial charge in [-0.15, -0.1) is 0 Å². The largest absolute Gasteiger partial charge is 0.456 e. The van der Waals surface area contributed by atoms with Gasteiger partial charge in [-0.25, -0.2) is 9.18 Å². The molecule has 0 N–H and O–H groups in total. The maximum absolute atomic E-state index is 13.0. The average Bonchev–Trinajstić information content (AvgIpc) is 3.30. The fraction of sp³-hybridized carbons (Fsp3) is 0.450. The molecule has 2 aliphatic rings. The van der Waals surface area contributed by atoms with Gasteiger partial charge in [-0.05, 0) is 44.0 Å². The number of hydrogen-bond acceptors (Lipinski definition) is 7. The van der Waals surface area contributed by atoms with Gasteiger partial charge in [-0.2, -0.15) is 4.98 Å². The number of hydrogen-bond donors (Lipinski definition) is 0. The number of rotatable bonds is 5. The van der Waals surface area contributed by atoms with Gasteiger partial charge in [0.2, 0.25) is 17.6 Å². The van der Waals surface area contributed by atoms with Crippen LogP contribution in [0.1, 0.15) is 38.4 Å². The number of aromatic nitrogens is 2. The van der Waals surface area contributed by atoms with Crippen molar-refractivity contribution in [1.29, 1.82) is 0 Å². The summed E-state index contributed by atoms with van der Waals surface area (Å²) in [4.78, 5) is 42.7. The molecule has 1 aromatic heterocycles. The van der Waals surface area contributed by atoms with Gasteiger partial charge in [0.25, 0.3) is 5.89 Å². The van der Waals surface area contributed by atoms with Crippen molar-refractivity contribution in [3.05, 3.63) is 35.9 Å². The van der Waals surface area contributed by atoms with Crippen LogP contribution in [0.15, 0.2) is 28.8 Å². The summed E-state index contributed by atoms with van der Waals surface area (Å²) < 4.78 is 23.3. The van der Waals surface area contributed by atoms with Crippen molar-refractivity contribution in [1.82, 2.24) is 15.0 Å². The van der Waals surface area contributed by atoms with Crippen LogP contribution in [0, 0.1) is 17.7 Å². The van der Waals surface area contributed by atoms with E-state index in [0.717, 1.165) is 17.7 Å². The number of fused-ring (bicyclic) bond motifs is 1. The molecule has 2 unspecified atom stereocenters. The zero-order valence-electron chi connectivity index (χ0n) is 15.8. The lowest BCUT2D eigenvalue weighted by atomic mass is 9.81. The summed E-state index contributed by atoms with van der Waals surface area (Å²) in [5, 5.41) is 3.73. The fourth-order valence-electron chi connectivity index (χ4n) is 3.95. The Labute approximate surface area is 166 Å². The molecule has 2 heterocycles. The van der Waals surface area contributed by atoms with E-state index in [1.807, 2.05) is 0 Å². The topological polar surface area (TPSA) is 103 Å². The van der Waals surface area contributed by atoms with Crippen molar-refractivity contribution in [3.8, 4) is 11.5 Å². The monoisotopic (exact) mass is 401 g/mol. The van der Waals surface area contributed by atoms with Crippen molar-refractivity contribution in [2.24, 2.45) is 11.8 Å². The molecule has 2 amide bonds. The van der Waals surface area contributed by atoms with E-state index in [0.29, 0.717) is 18.4 Å². The number of halogens is 1. The van der Waals surface area contributed by atoms with E-state index in [1.165, 1.54) is 31.2 Å². The molecule has 1 saturated heterocycles. The van der Waals surface area contributed by atoms with E-state index in [9.17, 15) is 18.8 Å². The second kappa shape index (κ2) is 7.73. The molecule has 1 aliphatic heterocycles. The van der Waals surface area contributed by atoms with Gasteiger partial charge in [-0.1, -0.05) is 18.0 Å². The van der Waals surface area contributed by atoms with Gasteiger partial charge < -0.3 is 9.26 Å². The maximum Gasteiger partial charge on any atom is 0.329 e. The SMILES string of the molecule is C[C@@H](C(=O)OCc1noc(-c2ccc(F)cc2)n1)N1C(=O)C2CCCCC2C1=O. The number of carbonyl (C=O) groups excluding carboxylic acids is 3. The summed E-state index contributed by atoms with van der Waals surface area (Å²) in [7, 11) is 0. The number of esters is 1. The summed E-state index contributed by atoms with van der Waals surface area (Å²) in [6.45, 7) is 1.21. The second-order valence-electron chi connectivity index (χ2n) is 7.35. The average molecular weight is 401 g/mol. The zero-order chi connectivity index (χ0) is 20.5. The third-order valence-corrected chi connectivity index (χ3v) is 5.51. The first kappa shape index (κ1) is 19.2. The highest BCUT2D eigenvalue weighted by Gasteiger charge is 2.51. The third kappa shape index (κ3) is 3.64. The van der Waals surface area contributed by atoms with Crippen molar-refractivity contribution in [2.45, 2.75) is 45.3 Å². The lowest BCUT2D eigenvalue weighted by Crippen LogP contribution is -2.44. The van der Waals surface area contributed by atoms with Gasteiger partial charge in [-0.3, -0.25) is 14.5 Å². The predicted molar refractivity (Wildman–Crippen MR) is 96.3 cm³/mol. The number of amides is 2. The highest BCUT2D eigenvalue weighted by Crippen LogP contribution is 2.38. The van der Waals surface area contributed by atoms with Gasteiger partial charge in [0.1, 0.15) is 11.9 Å². The number of likely N-dealkylation sites (tertiary alicyclic amines) is 1. The highest BCUT2D eigenvalue weighted by molar-refractivity contribution is 6.07. The molecule has 2 fully saturated rings. The summed E-state index contributed by atoms with van der Waals surface area (Å²) >= 11 is 0. The molecular weight excluding hydrogens is 381 g/mol. The van der Waals surface area contributed by atoms with Crippen LogP contribution in [0.2, 0.25) is 0 Å². The molecule has 0 bridgehead atoms. The minimum Gasteiger partial charge on any atom is -0.456 e. The molecule has 0 spiro atoms. The van der Waals surface area contributed by atoms with E-state index in [2.05, 4.69) is 10.1 Å². The first-order valence-electron chi connectivity index (χ1n) is 9.58. The van der Waals surface area contributed by atoms with Crippen molar-refractivity contribution >= 4 is 17.8 Å². The van der Waals surface area contributed by atoms with Gasteiger partial charge in [0.05, 0.1) is 11.8 Å². The first-order valence-corrected chi connectivity index (χ1v) is 9.58. The summed E-state index contributed by atoms with van der Waals surface area (Å²) in [5.74, 6) is -2.02. The highest BCUT2D eigenvalue weighted by atomic mass is 19.1. The minimum atomic E-state index is -1.01. The Morgan fingerprint density at radius 1 is 1.21 bits per heavy atom. The molecule has 1 aromatic carbocycles. The summed E-state index contributed by atoms with van der Waals surface area (Å²) in [6.07, 6.45) is 3.20. The molecule has 8 nitrogen and oxygen atoms in total. The van der Waals surface area contributed by atoms with Crippen LogP contribution in [-0.2, 0) is 25.7 Å². The number of benzene rings is 1. The van der Waals surface area contributed by atoms with Gasteiger partial charge >= 0.3 is 5.97 Å². The van der Waals surface area contributed by atoms with Crippen LogP contribution in [0.25, 0.3) is 11.5 Å². The van der Waals surface area contributed by atoms with Gasteiger partial charge in [0, 0.05) is 5.56 Å². The Bertz CT molecular complexity index is 918. The fourth-order valence-corrected chi connectivity index (χ4v) is 3.95. The van der Waals surface area contributed by atoms with Crippen LogP contribution in [0.4, 0.5) is 4.39 Å². The predicted octanol–water partition coefficient (Wildman–Crippen LogP) is 2.48. The van der Waals surface area contributed by atoms with E-state index < -0.39 is 12.0 Å². The van der Waals surface area contributed by atoms with Gasteiger partial charge in [0.15, 0.2) is 6.61 Å². The van der Waals surface area contributed by atoms with Crippen LogP contribution >= 0.6 is 0 Å². The van der Waals surface area contributed by atoms with Crippen LogP contribution in [0.3, 0.4) is 0 Å². The molecule has 3 atom stereocenters. The van der Waals surface area contributed by atoms with Crippen molar-refractivity contribution < 1.29 is 28.0 Å². The molecule has 2 aromatic rings. The third-order valence-electron chi connectivity index (χ3n) is 5.51. The smallest absolute Gasteiger partial charge is 0.329 e. The van der Waals surface area contributed by atoms with E-state index in [-0.39, 0.29) is 47.8 Å². The number of nitrogens with zero attached hydrogens (tertiary/aromatic N) is 3. The van der Waals surface area contributed by atoms with E-state index >= 15 is 0 Å². The van der Waals surface area contributed by atoms with Crippen LogP contribution in [-0.4, -0.2) is 38.9 Å². The number of carbonyl (C=O) groups is 3. The molecule has 1 saturated carbocycles. The van der Waals surface area contributed by atoms with Crippen LogP contribution in [0.5, 0.6) is 0 Å². The molecule has 1 aliphatic carbocycles. The quantitative estimate of drug-likeness (QED) is 0.560. The molecular formula is C20H20FN3O5. The minimum absolute atomic E-state index is 0.123. The lowest BCUT2D eigenvalue weighted by molar-refractivity contribution is -0.159. The first-order chi connectivity index (χ1) is 14.0. The summed E-state index contributed by atoms with van der Waals surface area (Å²) in [6, 6.07) is 4.50. The van der Waals surface area contributed by atoms with Crippen molar-refractivity contribution in [3.63, 3.8) is 0 Å². The molecule has 29 heavy (non-hydrogen) atoms. The van der Waals surface area contributed by atoms with E-state index in [1.54, 1.807) is 0 Å². The van der Waals surface area contributed by atoms with Crippen LogP contribution < -0.4 is 0 Å². The lowest BCUT2D eigenvalue weighted by Gasteiger charge is -2.21. The van der Waals surface area contributed by atoms with E-state index in [4.69, 9.17) is 9.26 Å². The molecule has 152 valence electrons. The standard InChI is InChI=1S/C20H20FN3O5/c1-11(24-18(25)14-4-2-3-5-15(14)19(24)26)20(27)28-10-16-22-17(29-23-16)12-6-8-13(21)9-7-12/h6-9,11,14-15H,2-5,10H2,1H3/t11-,14?,15?/m0/s1. The second-order valence-corrected chi connectivity index (χ2v) is 7.35. The van der Waals surface area contributed by atoms with Crippen molar-refractivity contribution in [2.75, 3.05) is 0 Å². The Morgan fingerprint density at radius 2 is 1.83 bits per heavy atom. The summed E-state index contributed by atoms with van der Waals surface area (Å²) in [5.41, 5.74) is 0.528. The molecule has 0 radical (unpaired) electrons. The Morgan fingerprint density at radius 3 is 2.45 bits per heavy atom. The zero-order valence-corrected chi connectivity index (χ0v) is 15.8. The Balaban J connectivity index is 1.38. The molecule has 4 rings (SSSR count). The normalized spacial score (nSPS) is 22.5. The number of imide groups is 1.